The fourth-order valence-corrected chi connectivity index (χ4v) is 3.35. The maximum absolute atomic E-state index is 12.7. The lowest BCUT2D eigenvalue weighted by atomic mass is 10.2. The maximum atomic E-state index is 12.7. The van der Waals surface area contributed by atoms with Gasteiger partial charge in [-0.3, -0.25) is 0 Å². The van der Waals surface area contributed by atoms with Crippen molar-refractivity contribution < 1.29 is 17.9 Å². The van der Waals surface area contributed by atoms with E-state index in [0.29, 0.717) is 17.1 Å². The van der Waals surface area contributed by atoms with E-state index >= 15 is 0 Å². The van der Waals surface area contributed by atoms with Crippen LogP contribution in [0.4, 0.5) is 5.69 Å². The molecular formula is C19H17N2O3S+. The molecule has 0 aromatic heterocycles. The van der Waals surface area contributed by atoms with Gasteiger partial charge in [-0.15, -0.1) is 0 Å². The van der Waals surface area contributed by atoms with Gasteiger partial charge in [0.2, 0.25) is 0 Å². The summed E-state index contributed by atoms with van der Waals surface area (Å²) in [7, 11) is -3.75. The highest BCUT2D eigenvalue weighted by Gasteiger charge is 2.20. The van der Waals surface area contributed by atoms with Crippen LogP contribution in [0.1, 0.15) is 5.56 Å². The summed E-state index contributed by atoms with van der Waals surface area (Å²) < 4.78 is 27.9. The molecule has 0 unspecified atom stereocenters. The second-order valence-corrected chi connectivity index (χ2v) is 7.02. The minimum absolute atomic E-state index is 0.0864. The average molecular weight is 353 g/mol. The number of phenolic OH excluding ortho intramolecular Hbond substituents is 1. The zero-order valence-corrected chi connectivity index (χ0v) is 14.1. The van der Waals surface area contributed by atoms with Gasteiger partial charge in [0, 0.05) is 6.07 Å². The number of sulfonamides is 1. The molecule has 0 bridgehead atoms. The van der Waals surface area contributed by atoms with E-state index in [-0.39, 0.29) is 10.6 Å². The Kier molecular flexibility index (Phi) is 4.81. The van der Waals surface area contributed by atoms with Crippen LogP contribution in [-0.4, -0.2) is 19.4 Å². The Morgan fingerprint density at radius 1 is 0.840 bits per heavy atom. The molecule has 0 atom stereocenters. The van der Waals surface area contributed by atoms with Gasteiger partial charge < -0.3 is 5.11 Å². The van der Waals surface area contributed by atoms with E-state index in [9.17, 15) is 13.5 Å². The van der Waals surface area contributed by atoms with Crippen molar-refractivity contribution in [1.29, 1.82) is 0 Å². The van der Waals surface area contributed by atoms with E-state index in [1.54, 1.807) is 48.5 Å². The standard InChI is InChI=1S/C19H16N2O3S/c22-17-11-7-10-16(14-17)20-19(15-8-3-1-4-9-15)21-25(23,24)18-12-5-2-6-13-18/h1-14,22H,(H,20,21)/p+1. The first kappa shape index (κ1) is 16.7. The van der Waals surface area contributed by atoms with Crippen molar-refractivity contribution in [2.45, 2.75) is 4.90 Å². The predicted molar refractivity (Wildman–Crippen MR) is 96.9 cm³/mol. The highest BCUT2D eigenvalue weighted by Crippen LogP contribution is 2.16. The number of rotatable bonds is 4. The minimum Gasteiger partial charge on any atom is -0.508 e. The lowest BCUT2D eigenvalue weighted by Gasteiger charge is -2.05. The third kappa shape index (κ3) is 4.24. The van der Waals surface area contributed by atoms with Crippen molar-refractivity contribution in [3.8, 4) is 5.75 Å². The van der Waals surface area contributed by atoms with Crippen LogP contribution in [0.25, 0.3) is 0 Å². The smallest absolute Gasteiger partial charge is 0.328 e. The number of aromatic hydroxyl groups is 1. The van der Waals surface area contributed by atoms with E-state index in [0.717, 1.165) is 0 Å². The molecule has 0 aliphatic heterocycles. The Morgan fingerprint density at radius 2 is 1.48 bits per heavy atom. The lowest BCUT2D eigenvalue weighted by molar-refractivity contribution is -0.266. The molecule has 0 aliphatic carbocycles. The minimum atomic E-state index is -3.75. The second kappa shape index (κ2) is 7.19. The van der Waals surface area contributed by atoms with Crippen LogP contribution < -0.4 is 9.71 Å². The van der Waals surface area contributed by atoms with Gasteiger partial charge in [0.05, 0.1) is 5.56 Å². The molecular weight excluding hydrogens is 336 g/mol. The van der Waals surface area contributed by atoms with Gasteiger partial charge in [-0.05, 0) is 36.4 Å². The van der Waals surface area contributed by atoms with E-state index < -0.39 is 10.0 Å². The SMILES string of the molecule is O=S(=O)([NH+]=C(Nc1cccc(O)c1)c1ccccc1)c1ccccc1. The number of benzene rings is 3. The highest BCUT2D eigenvalue weighted by atomic mass is 32.2. The topological polar surface area (TPSA) is 80.4 Å². The summed E-state index contributed by atoms with van der Waals surface area (Å²) >= 11 is 0. The zero-order valence-electron chi connectivity index (χ0n) is 13.3. The molecule has 5 nitrogen and oxygen atoms in total. The summed E-state index contributed by atoms with van der Waals surface area (Å²) in [5.74, 6) is 0.387. The van der Waals surface area contributed by atoms with E-state index in [1.165, 1.54) is 18.2 Å². The van der Waals surface area contributed by atoms with Crippen LogP contribution in [0, 0.1) is 0 Å². The van der Waals surface area contributed by atoms with Gasteiger partial charge in [0.1, 0.15) is 16.3 Å². The van der Waals surface area contributed by atoms with Crippen LogP contribution in [0.15, 0.2) is 89.8 Å². The van der Waals surface area contributed by atoms with Crippen LogP contribution in [0.3, 0.4) is 0 Å². The molecule has 0 saturated carbocycles. The van der Waals surface area contributed by atoms with Crippen molar-refractivity contribution in [1.82, 2.24) is 0 Å². The molecule has 6 heteroatoms. The molecule has 0 radical (unpaired) electrons. The van der Waals surface area contributed by atoms with Gasteiger partial charge in [-0.1, -0.05) is 42.5 Å². The van der Waals surface area contributed by atoms with Gasteiger partial charge in [-0.2, -0.15) is 12.8 Å². The molecule has 0 saturated heterocycles. The van der Waals surface area contributed by atoms with Crippen molar-refractivity contribution in [2.75, 3.05) is 5.32 Å². The molecule has 0 spiro atoms. The summed E-state index contributed by atoms with van der Waals surface area (Å²) in [4.78, 5) is 0.168. The summed E-state index contributed by atoms with van der Waals surface area (Å²) in [6.07, 6.45) is 0. The first-order chi connectivity index (χ1) is 12.0. The first-order valence-corrected chi connectivity index (χ1v) is 9.09. The third-order valence-electron chi connectivity index (χ3n) is 3.47. The van der Waals surface area contributed by atoms with Gasteiger partial charge in [0.15, 0.2) is 0 Å². The largest absolute Gasteiger partial charge is 0.508 e. The van der Waals surface area contributed by atoms with Crippen molar-refractivity contribution in [3.63, 3.8) is 0 Å². The van der Waals surface area contributed by atoms with Crippen LogP contribution in [-0.2, 0) is 10.0 Å². The molecule has 0 fully saturated rings. The summed E-state index contributed by atoms with van der Waals surface area (Å²) in [6.45, 7) is 0. The molecule has 3 rings (SSSR count). The first-order valence-electron chi connectivity index (χ1n) is 7.61. The zero-order chi connectivity index (χ0) is 17.7. The summed E-state index contributed by atoms with van der Waals surface area (Å²) in [5, 5.41) is 12.6. The number of hydrogen-bond donors (Lipinski definition) is 3. The van der Waals surface area contributed by atoms with Gasteiger partial charge in [-0.25, -0.2) is 5.32 Å². The van der Waals surface area contributed by atoms with Crippen molar-refractivity contribution >= 4 is 21.5 Å². The highest BCUT2D eigenvalue weighted by molar-refractivity contribution is 7.84. The Bertz CT molecular complexity index is 985. The Labute approximate surface area is 146 Å². The maximum Gasteiger partial charge on any atom is 0.328 e. The Hall–Kier alpha value is -3.12. The van der Waals surface area contributed by atoms with E-state index in [4.69, 9.17) is 0 Å². The quantitative estimate of drug-likeness (QED) is 0.493. The van der Waals surface area contributed by atoms with E-state index in [1.807, 2.05) is 18.2 Å². The lowest BCUT2D eigenvalue weighted by Crippen LogP contribution is -2.78. The van der Waals surface area contributed by atoms with Crippen molar-refractivity contribution in [3.05, 3.63) is 90.5 Å². The monoisotopic (exact) mass is 353 g/mol. The Morgan fingerprint density at radius 3 is 2.12 bits per heavy atom. The predicted octanol–water partition coefficient (Wildman–Crippen LogP) is 1.72. The molecule has 0 amide bonds. The Balaban J connectivity index is 2.05. The van der Waals surface area contributed by atoms with Gasteiger partial charge in [0.25, 0.3) is 5.84 Å². The number of phenols is 1. The molecule has 126 valence electrons. The molecule has 0 aliphatic rings. The van der Waals surface area contributed by atoms with Crippen LogP contribution >= 0.6 is 0 Å². The molecule has 3 aromatic rings. The molecule has 0 heterocycles. The third-order valence-corrected chi connectivity index (χ3v) is 4.83. The van der Waals surface area contributed by atoms with Crippen molar-refractivity contribution in [2.24, 2.45) is 0 Å². The number of hydrogen-bond acceptors (Lipinski definition) is 3. The van der Waals surface area contributed by atoms with E-state index in [2.05, 4.69) is 9.71 Å². The molecule has 25 heavy (non-hydrogen) atoms. The number of nitrogens with one attached hydrogen (secondary N) is 2. The number of amidine groups is 1. The summed E-state index contributed by atoms with van der Waals surface area (Å²) in [5.41, 5.74) is 1.24. The number of anilines is 1. The van der Waals surface area contributed by atoms with Crippen LogP contribution in [0.2, 0.25) is 0 Å². The molecule has 3 N–H and O–H groups in total. The fourth-order valence-electron chi connectivity index (χ4n) is 2.28. The van der Waals surface area contributed by atoms with Crippen LogP contribution in [0.5, 0.6) is 5.75 Å². The fraction of sp³-hybridized carbons (Fsp3) is 0. The molecule has 3 aromatic carbocycles. The van der Waals surface area contributed by atoms with Gasteiger partial charge >= 0.3 is 10.0 Å². The summed E-state index contributed by atoms with van der Waals surface area (Å²) in [6, 6.07) is 23.7. The average Bonchev–Trinajstić information content (AvgIpc) is 2.63. The second-order valence-electron chi connectivity index (χ2n) is 5.33. The normalized spacial score (nSPS) is 11.9.